The van der Waals surface area contributed by atoms with Gasteiger partial charge in [0.15, 0.2) is 0 Å². The maximum absolute atomic E-state index is 12.0. The fraction of sp³-hybridized carbons (Fsp3) is 0.611. The molecule has 2 aliphatic carbocycles. The third kappa shape index (κ3) is 3.22. The number of ether oxygens (including phenoxy) is 1. The van der Waals surface area contributed by atoms with Crippen LogP contribution in [0.1, 0.15) is 62.5 Å². The Hall–Kier alpha value is -1.51. The predicted molar refractivity (Wildman–Crippen MR) is 84.6 cm³/mol. The highest BCUT2D eigenvalue weighted by atomic mass is 16.5. The summed E-state index contributed by atoms with van der Waals surface area (Å²) in [5.41, 5.74) is 3.70. The topological polar surface area (TPSA) is 38.3 Å². The Bertz CT molecular complexity index is 506. The number of nitrogens with one attached hydrogen (secondary N) is 1. The molecule has 1 fully saturated rings. The van der Waals surface area contributed by atoms with Gasteiger partial charge in [0.1, 0.15) is 0 Å². The summed E-state index contributed by atoms with van der Waals surface area (Å²) in [5, 5.41) is 3.66. The summed E-state index contributed by atoms with van der Waals surface area (Å²) in [7, 11) is 0. The van der Waals surface area contributed by atoms with Crippen LogP contribution in [0.25, 0.3) is 0 Å². The fourth-order valence-corrected chi connectivity index (χ4v) is 3.68. The van der Waals surface area contributed by atoms with Gasteiger partial charge in [-0.3, -0.25) is 4.79 Å². The van der Waals surface area contributed by atoms with Crippen LogP contribution < -0.4 is 5.32 Å². The first kappa shape index (κ1) is 14.4. The largest absolute Gasteiger partial charge is 0.466 e. The summed E-state index contributed by atoms with van der Waals surface area (Å²) < 4.78 is 5.18. The van der Waals surface area contributed by atoms with Crippen LogP contribution in [0.3, 0.4) is 0 Å². The second-order valence-corrected chi connectivity index (χ2v) is 6.24. The van der Waals surface area contributed by atoms with Crippen LogP contribution in [0.5, 0.6) is 0 Å². The summed E-state index contributed by atoms with van der Waals surface area (Å²) in [4.78, 5) is 12.0. The molecule has 0 aromatic heterocycles. The van der Waals surface area contributed by atoms with E-state index in [1.807, 2.05) is 6.92 Å². The van der Waals surface area contributed by atoms with Gasteiger partial charge in [0, 0.05) is 11.7 Å². The Morgan fingerprint density at radius 3 is 2.81 bits per heavy atom. The van der Waals surface area contributed by atoms with Crippen LogP contribution in [0.4, 0.5) is 5.69 Å². The molecule has 1 N–H and O–H groups in total. The summed E-state index contributed by atoms with van der Waals surface area (Å²) in [6.07, 6.45) is 8.50. The number of carbonyl (C=O) groups excluding carboxylic acids is 1. The molecule has 0 aliphatic heterocycles. The molecule has 1 aromatic carbocycles. The van der Waals surface area contributed by atoms with Crippen LogP contribution in [0.15, 0.2) is 18.2 Å². The summed E-state index contributed by atoms with van der Waals surface area (Å²) in [5.74, 6) is -0.118. The number of esters is 1. The maximum Gasteiger partial charge on any atom is 0.313 e. The van der Waals surface area contributed by atoms with E-state index in [4.69, 9.17) is 4.74 Å². The van der Waals surface area contributed by atoms with Gasteiger partial charge >= 0.3 is 5.97 Å². The van der Waals surface area contributed by atoms with Crippen molar-refractivity contribution in [1.82, 2.24) is 0 Å². The van der Waals surface area contributed by atoms with Crippen molar-refractivity contribution in [2.75, 3.05) is 11.9 Å². The predicted octanol–water partition coefficient (Wildman–Crippen LogP) is 4.02. The van der Waals surface area contributed by atoms with Gasteiger partial charge in [0.05, 0.1) is 12.5 Å². The Balaban J connectivity index is 1.69. The molecule has 21 heavy (non-hydrogen) atoms. The minimum absolute atomic E-state index is 0.0521. The highest BCUT2D eigenvalue weighted by molar-refractivity contribution is 5.80. The third-order valence-electron chi connectivity index (χ3n) is 4.77. The van der Waals surface area contributed by atoms with Crippen LogP contribution in [0.2, 0.25) is 0 Å². The molecule has 2 aliphatic rings. The van der Waals surface area contributed by atoms with Gasteiger partial charge in [-0.05, 0) is 55.9 Å². The number of anilines is 1. The molecule has 0 saturated heterocycles. The van der Waals surface area contributed by atoms with Gasteiger partial charge in [0.25, 0.3) is 0 Å². The Morgan fingerprint density at radius 1 is 1.24 bits per heavy atom. The van der Waals surface area contributed by atoms with Gasteiger partial charge in [-0.25, -0.2) is 0 Å². The first-order valence-corrected chi connectivity index (χ1v) is 8.34. The molecule has 3 rings (SSSR count). The Morgan fingerprint density at radius 2 is 2.05 bits per heavy atom. The van der Waals surface area contributed by atoms with E-state index in [9.17, 15) is 4.79 Å². The third-order valence-corrected chi connectivity index (χ3v) is 4.77. The molecule has 0 spiro atoms. The molecule has 1 atom stereocenters. The minimum atomic E-state index is -0.0655. The van der Waals surface area contributed by atoms with E-state index in [2.05, 4.69) is 23.5 Å². The fourth-order valence-electron chi connectivity index (χ4n) is 3.68. The van der Waals surface area contributed by atoms with Crippen molar-refractivity contribution in [3.63, 3.8) is 0 Å². The van der Waals surface area contributed by atoms with Gasteiger partial charge in [-0.15, -0.1) is 0 Å². The van der Waals surface area contributed by atoms with Crippen molar-refractivity contribution in [3.05, 3.63) is 29.3 Å². The van der Waals surface area contributed by atoms with Crippen LogP contribution >= 0.6 is 0 Å². The molecule has 3 nitrogen and oxygen atoms in total. The lowest BCUT2D eigenvalue weighted by Crippen LogP contribution is -2.22. The number of rotatable bonds is 4. The number of hydrogen-bond donors (Lipinski definition) is 1. The zero-order valence-corrected chi connectivity index (χ0v) is 12.9. The highest BCUT2D eigenvalue weighted by Crippen LogP contribution is 2.36. The van der Waals surface area contributed by atoms with Crippen molar-refractivity contribution in [2.24, 2.45) is 0 Å². The van der Waals surface area contributed by atoms with Crippen molar-refractivity contribution >= 4 is 11.7 Å². The standard InChI is InChI=1S/C18H25NO2/c1-2-21-18(20)17-10-8-13-12-15(9-11-16(13)17)19-14-6-4-3-5-7-14/h9,11-12,14,17,19H,2-8,10H2,1H3. The lowest BCUT2D eigenvalue weighted by molar-refractivity contribution is -0.144. The van der Waals surface area contributed by atoms with Crippen LogP contribution in [0, 0.1) is 0 Å². The Labute approximate surface area is 127 Å². The average molecular weight is 287 g/mol. The van der Waals surface area contributed by atoms with E-state index < -0.39 is 0 Å². The van der Waals surface area contributed by atoms with Crippen molar-refractivity contribution in [2.45, 2.75) is 63.8 Å². The summed E-state index contributed by atoms with van der Waals surface area (Å²) in [6.45, 7) is 2.33. The molecule has 0 radical (unpaired) electrons. The van der Waals surface area contributed by atoms with Crippen LogP contribution in [-0.4, -0.2) is 18.6 Å². The van der Waals surface area contributed by atoms with Crippen molar-refractivity contribution in [1.29, 1.82) is 0 Å². The molecule has 114 valence electrons. The first-order valence-electron chi connectivity index (χ1n) is 8.34. The van der Waals surface area contributed by atoms with Gasteiger partial charge in [0.2, 0.25) is 0 Å². The smallest absolute Gasteiger partial charge is 0.313 e. The zero-order chi connectivity index (χ0) is 14.7. The number of benzene rings is 1. The second-order valence-electron chi connectivity index (χ2n) is 6.24. The van der Waals surface area contributed by atoms with Gasteiger partial charge < -0.3 is 10.1 Å². The molecule has 1 unspecified atom stereocenters. The number of carbonyl (C=O) groups is 1. The molecule has 1 saturated carbocycles. The average Bonchev–Trinajstić information content (AvgIpc) is 2.92. The molecule has 0 bridgehead atoms. The van der Waals surface area contributed by atoms with Gasteiger partial charge in [-0.2, -0.15) is 0 Å². The van der Waals surface area contributed by atoms with E-state index in [1.165, 1.54) is 48.9 Å². The molecular formula is C18H25NO2. The van der Waals surface area contributed by atoms with E-state index in [1.54, 1.807) is 0 Å². The lowest BCUT2D eigenvalue weighted by atomic mass is 9.95. The number of aryl methyl sites for hydroxylation is 1. The summed E-state index contributed by atoms with van der Waals surface area (Å²) in [6, 6.07) is 7.11. The van der Waals surface area contributed by atoms with Gasteiger partial charge in [-0.1, -0.05) is 25.3 Å². The molecule has 0 heterocycles. The number of fused-ring (bicyclic) bond motifs is 1. The van der Waals surface area contributed by atoms with Crippen molar-refractivity contribution < 1.29 is 9.53 Å². The molecule has 3 heteroatoms. The SMILES string of the molecule is CCOC(=O)C1CCc2cc(NC3CCCCC3)ccc21. The molecule has 0 amide bonds. The van der Waals surface area contributed by atoms with E-state index >= 15 is 0 Å². The zero-order valence-electron chi connectivity index (χ0n) is 12.9. The van der Waals surface area contributed by atoms with E-state index in [0.717, 1.165) is 12.8 Å². The monoisotopic (exact) mass is 287 g/mol. The molecular weight excluding hydrogens is 262 g/mol. The van der Waals surface area contributed by atoms with E-state index in [-0.39, 0.29) is 11.9 Å². The normalized spacial score (nSPS) is 21.9. The maximum atomic E-state index is 12.0. The second kappa shape index (κ2) is 6.50. The summed E-state index contributed by atoms with van der Waals surface area (Å²) >= 11 is 0. The lowest BCUT2D eigenvalue weighted by Gasteiger charge is -2.24. The van der Waals surface area contributed by atoms with Crippen molar-refractivity contribution in [3.8, 4) is 0 Å². The first-order chi connectivity index (χ1) is 10.3. The highest BCUT2D eigenvalue weighted by Gasteiger charge is 2.29. The minimum Gasteiger partial charge on any atom is -0.466 e. The van der Waals surface area contributed by atoms with E-state index in [0.29, 0.717) is 12.6 Å². The Kier molecular flexibility index (Phi) is 4.47. The number of hydrogen-bond acceptors (Lipinski definition) is 3. The molecule has 1 aromatic rings. The van der Waals surface area contributed by atoms with Crippen LogP contribution in [-0.2, 0) is 16.0 Å². The quantitative estimate of drug-likeness (QED) is 0.850.